The van der Waals surface area contributed by atoms with E-state index in [2.05, 4.69) is 20.8 Å². The Hall–Kier alpha value is -1.10. The summed E-state index contributed by atoms with van der Waals surface area (Å²) in [6, 6.07) is -0.188. The molecular formula is C14H28N2O3. The van der Waals surface area contributed by atoms with Crippen LogP contribution in [-0.2, 0) is 9.59 Å². The van der Waals surface area contributed by atoms with Gasteiger partial charge in [-0.1, -0.05) is 20.8 Å². The van der Waals surface area contributed by atoms with E-state index in [1.165, 1.54) is 0 Å². The van der Waals surface area contributed by atoms with Crippen LogP contribution in [0.5, 0.6) is 0 Å². The van der Waals surface area contributed by atoms with E-state index in [1.807, 2.05) is 13.8 Å². The van der Waals surface area contributed by atoms with Crippen molar-refractivity contribution in [1.29, 1.82) is 0 Å². The van der Waals surface area contributed by atoms with E-state index >= 15 is 0 Å². The summed E-state index contributed by atoms with van der Waals surface area (Å²) in [4.78, 5) is 24.3. The lowest BCUT2D eigenvalue weighted by atomic mass is 9.87. The Kier molecular flexibility index (Phi) is 7.05. The van der Waals surface area contributed by atoms with Gasteiger partial charge < -0.3 is 15.7 Å². The van der Waals surface area contributed by atoms with Crippen molar-refractivity contribution in [1.82, 2.24) is 4.90 Å². The number of rotatable bonds is 7. The van der Waals surface area contributed by atoms with E-state index in [0.717, 1.165) is 6.42 Å². The second kappa shape index (κ2) is 7.48. The van der Waals surface area contributed by atoms with E-state index in [9.17, 15) is 9.59 Å². The monoisotopic (exact) mass is 272 g/mol. The van der Waals surface area contributed by atoms with Gasteiger partial charge >= 0.3 is 5.97 Å². The van der Waals surface area contributed by atoms with Crippen LogP contribution in [0.1, 0.15) is 53.9 Å². The first kappa shape index (κ1) is 17.9. The number of aliphatic carboxylic acids is 1. The molecule has 0 aromatic carbocycles. The van der Waals surface area contributed by atoms with Crippen LogP contribution in [0.25, 0.3) is 0 Å². The zero-order chi connectivity index (χ0) is 15.2. The lowest BCUT2D eigenvalue weighted by molar-refractivity contribution is -0.139. The fraction of sp³-hybridized carbons (Fsp3) is 0.857. The van der Waals surface area contributed by atoms with Crippen molar-refractivity contribution >= 4 is 11.9 Å². The van der Waals surface area contributed by atoms with Crippen LogP contribution < -0.4 is 5.73 Å². The Bertz CT molecular complexity index is 308. The van der Waals surface area contributed by atoms with Crippen LogP contribution in [0, 0.1) is 5.41 Å². The van der Waals surface area contributed by atoms with E-state index < -0.39 is 5.97 Å². The molecule has 1 atom stereocenters. The summed E-state index contributed by atoms with van der Waals surface area (Å²) >= 11 is 0. The molecule has 0 aliphatic rings. The Morgan fingerprint density at radius 1 is 1.26 bits per heavy atom. The highest BCUT2D eigenvalue weighted by Crippen LogP contribution is 2.21. The summed E-state index contributed by atoms with van der Waals surface area (Å²) in [6.45, 7) is 10.3. The van der Waals surface area contributed by atoms with Gasteiger partial charge in [-0.2, -0.15) is 0 Å². The van der Waals surface area contributed by atoms with Crippen LogP contribution in [0.15, 0.2) is 0 Å². The largest absolute Gasteiger partial charge is 0.481 e. The number of carboxylic acids is 1. The molecule has 19 heavy (non-hydrogen) atoms. The molecule has 0 fully saturated rings. The van der Waals surface area contributed by atoms with Crippen molar-refractivity contribution in [2.75, 3.05) is 6.54 Å². The molecule has 0 aliphatic carbocycles. The summed E-state index contributed by atoms with van der Waals surface area (Å²) in [5.74, 6) is -0.953. The number of carbonyl (C=O) groups is 2. The molecule has 1 amide bonds. The molecule has 0 heterocycles. The fourth-order valence-electron chi connectivity index (χ4n) is 2.09. The summed E-state index contributed by atoms with van der Waals surface area (Å²) in [7, 11) is 0. The summed E-state index contributed by atoms with van der Waals surface area (Å²) in [6.07, 6.45) is 1.01. The van der Waals surface area contributed by atoms with Crippen LogP contribution >= 0.6 is 0 Å². The van der Waals surface area contributed by atoms with Gasteiger partial charge in [-0.25, -0.2) is 0 Å². The number of carbonyl (C=O) groups excluding carboxylic acids is 1. The molecule has 5 nitrogen and oxygen atoms in total. The molecule has 0 bridgehead atoms. The number of nitrogens with two attached hydrogens (primary N) is 1. The van der Waals surface area contributed by atoms with E-state index in [-0.39, 0.29) is 42.8 Å². The SMILES string of the molecule is CC(C)N(CCC(=O)O)C(=O)CC(N)CC(C)(C)C. The first-order valence-electron chi connectivity index (χ1n) is 6.80. The zero-order valence-electron chi connectivity index (χ0n) is 12.8. The molecule has 0 aromatic rings. The van der Waals surface area contributed by atoms with Crippen molar-refractivity contribution < 1.29 is 14.7 Å². The maximum absolute atomic E-state index is 12.1. The lowest BCUT2D eigenvalue weighted by Crippen LogP contribution is -2.42. The number of hydrogen-bond donors (Lipinski definition) is 2. The van der Waals surface area contributed by atoms with E-state index in [4.69, 9.17) is 10.8 Å². The minimum absolute atomic E-state index is 0.00585. The molecule has 1 unspecified atom stereocenters. The molecule has 0 aliphatic heterocycles. The quantitative estimate of drug-likeness (QED) is 0.741. The molecule has 5 heteroatoms. The summed E-state index contributed by atoms with van der Waals surface area (Å²) in [5.41, 5.74) is 6.08. The molecule has 0 aromatic heterocycles. The molecular weight excluding hydrogens is 244 g/mol. The maximum atomic E-state index is 12.1. The lowest BCUT2D eigenvalue weighted by Gasteiger charge is -2.29. The third-order valence-electron chi connectivity index (χ3n) is 2.82. The van der Waals surface area contributed by atoms with Gasteiger partial charge in [0.05, 0.1) is 6.42 Å². The average molecular weight is 272 g/mol. The smallest absolute Gasteiger partial charge is 0.305 e. The van der Waals surface area contributed by atoms with Crippen molar-refractivity contribution in [3.63, 3.8) is 0 Å². The van der Waals surface area contributed by atoms with Crippen LogP contribution in [-0.4, -0.2) is 40.5 Å². The summed E-state index contributed by atoms with van der Waals surface area (Å²) in [5, 5.41) is 8.70. The Balaban J connectivity index is 4.44. The number of hydrogen-bond acceptors (Lipinski definition) is 3. The number of carboxylic acid groups (broad SMARTS) is 1. The molecule has 0 saturated carbocycles. The first-order valence-corrected chi connectivity index (χ1v) is 6.80. The van der Waals surface area contributed by atoms with Crippen LogP contribution in [0.2, 0.25) is 0 Å². The third-order valence-corrected chi connectivity index (χ3v) is 2.82. The fourth-order valence-corrected chi connectivity index (χ4v) is 2.09. The number of nitrogens with zero attached hydrogens (tertiary/aromatic N) is 1. The maximum Gasteiger partial charge on any atom is 0.305 e. The molecule has 0 spiro atoms. The standard InChI is InChI=1S/C14H28N2O3/c1-10(2)16(7-6-13(18)19)12(17)8-11(15)9-14(3,4)5/h10-11H,6-9,15H2,1-5H3,(H,18,19). The van der Waals surface area contributed by atoms with Gasteiger partial charge in [0.25, 0.3) is 0 Å². The summed E-state index contributed by atoms with van der Waals surface area (Å²) < 4.78 is 0. The number of amides is 1. The van der Waals surface area contributed by atoms with Gasteiger partial charge in [0.15, 0.2) is 0 Å². The Morgan fingerprint density at radius 3 is 2.16 bits per heavy atom. The molecule has 0 saturated heterocycles. The second-order valence-electron chi connectivity index (χ2n) is 6.55. The highest BCUT2D eigenvalue weighted by Gasteiger charge is 2.23. The van der Waals surface area contributed by atoms with Gasteiger partial charge in [0.1, 0.15) is 0 Å². The van der Waals surface area contributed by atoms with Crippen molar-refractivity contribution in [3.05, 3.63) is 0 Å². The third kappa shape index (κ3) is 8.59. The van der Waals surface area contributed by atoms with Crippen molar-refractivity contribution in [3.8, 4) is 0 Å². The molecule has 112 valence electrons. The minimum atomic E-state index is -0.891. The Morgan fingerprint density at radius 2 is 1.79 bits per heavy atom. The molecule has 0 rings (SSSR count). The van der Waals surface area contributed by atoms with Gasteiger partial charge in [0.2, 0.25) is 5.91 Å². The second-order valence-corrected chi connectivity index (χ2v) is 6.55. The van der Waals surface area contributed by atoms with Gasteiger partial charge in [-0.3, -0.25) is 9.59 Å². The van der Waals surface area contributed by atoms with Gasteiger partial charge in [-0.05, 0) is 25.7 Å². The highest BCUT2D eigenvalue weighted by atomic mass is 16.4. The van der Waals surface area contributed by atoms with Crippen molar-refractivity contribution in [2.24, 2.45) is 11.1 Å². The molecule has 0 radical (unpaired) electrons. The molecule has 3 N–H and O–H groups in total. The van der Waals surface area contributed by atoms with Gasteiger partial charge in [-0.15, -0.1) is 0 Å². The van der Waals surface area contributed by atoms with Crippen molar-refractivity contribution in [2.45, 2.75) is 66.0 Å². The van der Waals surface area contributed by atoms with E-state index in [0.29, 0.717) is 0 Å². The van der Waals surface area contributed by atoms with Crippen LogP contribution in [0.4, 0.5) is 0 Å². The predicted octanol–water partition coefficient (Wildman–Crippen LogP) is 1.85. The highest BCUT2D eigenvalue weighted by molar-refractivity contribution is 5.77. The average Bonchev–Trinajstić information content (AvgIpc) is 2.12. The first-order chi connectivity index (χ1) is 8.53. The zero-order valence-corrected chi connectivity index (χ0v) is 12.8. The topological polar surface area (TPSA) is 83.6 Å². The normalized spacial score (nSPS) is 13.4. The van der Waals surface area contributed by atoms with E-state index in [1.54, 1.807) is 4.90 Å². The van der Waals surface area contributed by atoms with Gasteiger partial charge in [0, 0.05) is 25.0 Å². The van der Waals surface area contributed by atoms with Crippen LogP contribution in [0.3, 0.4) is 0 Å². The predicted molar refractivity (Wildman–Crippen MR) is 75.8 cm³/mol. The minimum Gasteiger partial charge on any atom is -0.481 e. The Labute approximate surface area is 116 Å².